The second-order valence-electron chi connectivity index (χ2n) is 9.79. The summed E-state index contributed by atoms with van der Waals surface area (Å²) in [7, 11) is 0. The summed E-state index contributed by atoms with van der Waals surface area (Å²) in [4.78, 5) is 17.5. The van der Waals surface area contributed by atoms with Gasteiger partial charge in [0.05, 0.1) is 6.10 Å². The topological polar surface area (TPSA) is 71.7 Å². The van der Waals surface area contributed by atoms with Gasteiger partial charge in [-0.2, -0.15) is 0 Å². The third-order valence-corrected chi connectivity index (χ3v) is 7.15. The number of carbonyl (C=O) groups excluding carboxylic acids is 1. The van der Waals surface area contributed by atoms with E-state index in [1.165, 1.54) is 0 Å². The molecule has 1 amide bonds. The third-order valence-electron chi connectivity index (χ3n) is 7.15. The molecule has 0 spiro atoms. The molecule has 2 saturated carbocycles. The summed E-state index contributed by atoms with van der Waals surface area (Å²) in [5.74, 6) is 3.16. The van der Waals surface area contributed by atoms with E-state index < -0.39 is 0 Å². The van der Waals surface area contributed by atoms with E-state index in [9.17, 15) is 4.79 Å². The van der Waals surface area contributed by atoms with Gasteiger partial charge in [0.25, 0.3) is 0 Å². The first-order valence-corrected chi connectivity index (χ1v) is 12.2. The van der Waals surface area contributed by atoms with E-state index in [0.717, 1.165) is 81.9 Å². The zero-order chi connectivity index (χ0) is 22.1. The Balaban J connectivity index is 1.09. The fourth-order valence-electron chi connectivity index (χ4n) is 4.86. The Morgan fingerprint density at radius 3 is 2.28 bits per heavy atom. The number of rotatable bonds is 6. The van der Waals surface area contributed by atoms with Crippen molar-refractivity contribution in [1.82, 2.24) is 20.0 Å². The summed E-state index contributed by atoms with van der Waals surface area (Å²) in [6, 6.07) is 8.46. The Labute approximate surface area is 190 Å². The van der Waals surface area contributed by atoms with Crippen LogP contribution in [0.15, 0.2) is 28.7 Å². The van der Waals surface area contributed by atoms with E-state index in [1.54, 1.807) is 0 Å². The number of amides is 1. The summed E-state index contributed by atoms with van der Waals surface area (Å²) in [6.07, 6.45) is 6.16. The van der Waals surface area contributed by atoms with Crippen molar-refractivity contribution in [2.75, 3.05) is 26.2 Å². The van der Waals surface area contributed by atoms with Gasteiger partial charge in [0.15, 0.2) is 0 Å². The first-order valence-electron chi connectivity index (χ1n) is 12.2. The quantitative estimate of drug-likeness (QED) is 0.676. The standard InChI is InChI=1S/C25H34N4O3/c1-17(2)28-13-15-29(16-14-28)25(30)20-7-11-22(12-8-20)31-21-9-5-19(6-10-21)24-27-26-23(32-24)18-3-4-18/h5-6,9-10,17-18,20,22H,3-4,7-8,11-16H2,1-2H3. The van der Waals surface area contributed by atoms with Crippen molar-refractivity contribution < 1.29 is 13.9 Å². The highest BCUT2D eigenvalue weighted by Crippen LogP contribution is 2.40. The molecule has 0 unspecified atom stereocenters. The van der Waals surface area contributed by atoms with Gasteiger partial charge in [0.1, 0.15) is 5.75 Å². The lowest BCUT2D eigenvalue weighted by atomic mass is 9.86. The third kappa shape index (κ3) is 4.82. The molecule has 0 bridgehead atoms. The van der Waals surface area contributed by atoms with Crippen molar-refractivity contribution in [3.05, 3.63) is 30.2 Å². The van der Waals surface area contributed by atoms with E-state index in [2.05, 4.69) is 33.8 Å². The maximum absolute atomic E-state index is 13.0. The molecule has 2 aliphatic carbocycles. The van der Waals surface area contributed by atoms with Gasteiger partial charge in [-0.25, -0.2) is 0 Å². The largest absolute Gasteiger partial charge is 0.490 e. The van der Waals surface area contributed by atoms with Crippen molar-refractivity contribution in [2.45, 2.75) is 70.4 Å². The van der Waals surface area contributed by atoms with Gasteiger partial charge < -0.3 is 14.1 Å². The van der Waals surface area contributed by atoms with E-state index in [4.69, 9.17) is 9.15 Å². The number of hydrogen-bond acceptors (Lipinski definition) is 6. The molecule has 7 nitrogen and oxygen atoms in total. The summed E-state index contributed by atoms with van der Waals surface area (Å²) in [6.45, 7) is 8.15. The molecule has 2 aromatic rings. The lowest BCUT2D eigenvalue weighted by Gasteiger charge is -2.39. The highest BCUT2D eigenvalue weighted by atomic mass is 16.5. The molecular formula is C25H34N4O3. The van der Waals surface area contributed by atoms with Crippen LogP contribution in [-0.2, 0) is 4.79 Å². The lowest BCUT2D eigenvalue weighted by molar-refractivity contribution is -0.139. The molecule has 0 atom stereocenters. The summed E-state index contributed by atoms with van der Waals surface area (Å²) in [5, 5.41) is 8.33. The molecule has 3 fully saturated rings. The summed E-state index contributed by atoms with van der Waals surface area (Å²) in [5.41, 5.74) is 0.920. The molecule has 5 rings (SSSR count). The fraction of sp³-hybridized carbons (Fsp3) is 0.640. The van der Waals surface area contributed by atoms with Crippen molar-refractivity contribution in [3.8, 4) is 17.2 Å². The van der Waals surface area contributed by atoms with E-state index >= 15 is 0 Å². The molecule has 1 saturated heterocycles. The van der Waals surface area contributed by atoms with Crippen molar-refractivity contribution in [3.63, 3.8) is 0 Å². The number of aromatic nitrogens is 2. The Bertz CT molecular complexity index is 906. The maximum Gasteiger partial charge on any atom is 0.247 e. The second-order valence-corrected chi connectivity index (χ2v) is 9.79. The van der Waals surface area contributed by atoms with Crippen molar-refractivity contribution >= 4 is 5.91 Å². The lowest BCUT2D eigenvalue weighted by Crippen LogP contribution is -2.52. The minimum Gasteiger partial charge on any atom is -0.490 e. The number of hydrogen-bond donors (Lipinski definition) is 0. The molecule has 1 aromatic carbocycles. The van der Waals surface area contributed by atoms with Gasteiger partial charge in [-0.1, -0.05) is 0 Å². The van der Waals surface area contributed by atoms with Gasteiger partial charge in [0, 0.05) is 49.6 Å². The zero-order valence-corrected chi connectivity index (χ0v) is 19.2. The van der Waals surface area contributed by atoms with Crippen LogP contribution in [0.5, 0.6) is 5.75 Å². The molecule has 2 heterocycles. The average Bonchev–Trinajstić information content (AvgIpc) is 3.56. The van der Waals surface area contributed by atoms with Gasteiger partial charge in [-0.3, -0.25) is 9.69 Å². The van der Waals surface area contributed by atoms with Gasteiger partial charge in [-0.05, 0) is 76.6 Å². The molecule has 0 N–H and O–H groups in total. The number of piperazine rings is 1. The smallest absolute Gasteiger partial charge is 0.247 e. The van der Waals surface area contributed by atoms with Crippen LogP contribution >= 0.6 is 0 Å². The molecule has 0 radical (unpaired) electrons. The number of carbonyl (C=O) groups is 1. The Kier molecular flexibility index (Phi) is 6.17. The summed E-state index contributed by atoms with van der Waals surface area (Å²) >= 11 is 0. The van der Waals surface area contributed by atoms with E-state index in [1.807, 2.05) is 24.3 Å². The summed E-state index contributed by atoms with van der Waals surface area (Å²) < 4.78 is 12.0. The average molecular weight is 439 g/mol. The van der Waals surface area contributed by atoms with Crippen LogP contribution < -0.4 is 4.74 Å². The number of nitrogens with zero attached hydrogens (tertiary/aromatic N) is 4. The molecule has 1 aromatic heterocycles. The molecule has 172 valence electrons. The van der Waals surface area contributed by atoms with Crippen LogP contribution in [0, 0.1) is 5.92 Å². The van der Waals surface area contributed by atoms with Crippen LogP contribution in [0.2, 0.25) is 0 Å². The van der Waals surface area contributed by atoms with Gasteiger partial charge in [0.2, 0.25) is 17.7 Å². The SMILES string of the molecule is CC(C)N1CCN(C(=O)C2CCC(Oc3ccc(-c4nnc(C5CC5)o4)cc3)CC2)CC1. The van der Waals surface area contributed by atoms with Gasteiger partial charge >= 0.3 is 0 Å². The molecule has 1 aliphatic heterocycles. The number of ether oxygens (including phenoxy) is 1. The fourth-order valence-corrected chi connectivity index (χ4v) is 4.86. The minimum atomic E-state index is 0.154. The Hall–Kier alpha value is -2.41. The van der Waals surface area contributed by atoms with Gasteiger partial charge in [-0.15, -0.1) is 10.2 Å². The maximum atomic E-state index is 13.0. The van der Waals surface area contributed by atoms with Crippen LogP contribution in [0.25, 0.3) is 11.5 Å². The van der Waals surface area contributed by atoms with Crippen LogP contribution in [0.1, 0.15) is 64.2 Å². The predicted octanol–water partition coefficient (Wildman–Crippen LogP) is 4.10. The second kappa shape index (κ2) is 9.22. The molecule has 3 aliphatic rings. The van der Waals surface area contributed by atoms with Crippen LogP contribution in [0.3, 0.4) is 0 Å². The normalized spacial score (nSPS) is 24.7. The molecule has 32 heavy (non-hydrogen) atoms. The Morgan fingerprint density at radius 2 is 1.66 bits per heavy atom. The predicted molar refractivity (Wildman–Crippen MR) is 121 cm³/mol. The van der Waals surface area contributed by atoms with E-state index in [0.29, 0.717) is 23.8 Å². The first kappa shape index (κ1) is 21.4. The molecular weight excluding hydrogens is 404 g/mol. The van der Waals surface area contributed by atoms with Crippen LogP contribution in [-0.4, -0.2) is 64.2 Å². The monoisotopic (exact) mass is 438 g/mol. The van der Waals surface area contributed by atoms with Crippen molar-refractivity contribution in [1.29, 1.82) is 0 Å². The minimum absolute atomic E-state index is 0.154. The zero-order valence-electron chi connectivity index (χ0n) is 19.2. The van der Waals surface area contributed by atoms with Crippen molar-refractivity contribution in [2.24, 2.45) is 5.92 Å². The molecule has 7 heteroatoms. The van der Waals surface area contributed by atoms with E-state index in [-0.39, 0.29) is 12.0 Å². The number of benzene rings is 1. The van der Waals surface area contributed by atoms with Crippen LogP contribution in [0.4, 0.5) is 0 Å². The Morgan fingerprint density at radius 1 is 0.969 bits per heavy atom. The first-order chi connectivity index (χ1) is 15.6. The highest BCUT2D eigenvalue weighted by molar-refractivity contribution is 5.79. The highest BCUT2D eigenvalue weighted by Gasteiger charge is 2.32.